The fourth-order valence-electron chi connectivity index (χ4n) is 2.45. The van der Waals surface area contributed by atoms with Crippen LogP contribution in [0.5, 0.6) is 11.5 Å². The van der Waals surface area contributed by atoms with Crippen LogP contribution in [0.2, 0.25) is 0 Å². The van der Waals surface area contributed by atoms with Gasteiger partial charge in [-0.2, -0.15) is 0 Å². The SMILES string of the molecule is COc1cc(/C=C/C(=O)N[C@H](C(=O)[O-])[C@H](O)c2cccc([N+](=O)[O-])c2)ccc1O. The Morgan fingerprint density at radius 3 is 2.59 bits per heavy atom. The van der Waals surface area contributed by atoms with Crippen LogP contribution in [0.3, 0.4) is 0 Å². The number of aliphatic hydroxyl groups is 1. The Morgan fingerprint density at radius 2 is 1.97 bits per heavy atom. The highest BCUT2D eigenvalue weighted by Gasteiger charge is 2.24. The van der Waals surface area contributed by atoms with E-state index in [1.54, 1.807) is 0 Å². The van der Waals surface area contributed by atoms with Gasteiger partial charge in [0.2, 0.25) is 5.91 Å². The Morgan fingerprint density at radius 1 is 1.24 bits per heavy atom. The number of carboxylic acids is 1. The molecule has 2 aromatic carbocycles. The van der Waals surface area contributed by atoms with Crippen molar-refractivity contribution in [3.05, 3.63) is 69.8 Å². The minimum absolute atomic E-state index is 0.0686. The number of carbonyl (C=O) groups is 2. The lowest BCUT2D eigenvalue weighted by Gasteiger charge is -2.24. The summed E-state index contributed by atoms with van der Waals surface area (Å²) in [4.78, 5) is 33.6. The van der Waals surface area contributed by atoms with Crippen LogP contribution in [0.15, 0.2) is 48.5 Å². The lowest BCUT2D eigenvalue weighted by atomic mass is 10.0. The third kappa shape index (κ3) is 5.53. The molecule has 0 radical (unpaired) electrons. The smallest absolute Gasteiger partial charge is 0.269 e. The van der Waals surface area contributed by atoms with Gasteiger partial charge in [-0.25, -0.2) is 0 Å². The third-order valence-electron chi connectivity index (χ3n) is 3.92. The molecule has 0 aliphatic rings. The van der Waals surface area contributed by atoms with Crippen molar-refractivity contribution in [3.8, 4) is 11.5 Å². The minimum atomic E-state index is -1.84. The van der Waals surface area contributed by atoms with Gasteiger partial charge in [-0.15, -0.1) is 0 Å². The summed E-state index contributed by atoms with van der Waals surface area (Å²) < 4.78 is 4.94. The number of hydrogen-bond acceptors (Lipinski definition) is 8. The summed E-state index contributed by atoms with van der Waals surface area (Å²) in [7, 11) is 1.36. The first-order valence-electron chi connectivity index (χ1n) is 8.21. The van der Waals surface area contributed by atoms with E-state index >= 15 is 0 Å². The molecule has 0 bridgehead atoms. The van der Waals surface area contributed by atoms with Crippen molar-refractivity contribution >= 4 is 23.6 Å². The number of amides is 1. The van der Waals surface area contributed by atoms with Gasteiger partial charge in [0.1, 0.15) is 6.10 Å². The van der Waals surface area contributed by atoms with E-state index in [2.05, 4.69) is 5.32 Å². The van der Waals surface area contributed by atoms with Crippen LogP contribution >= 0.6 is 0 Å². The van der Waals surface area contributed by atoms with Crippen LogP contribution in [0.4, 0.5) is 5.69 Å². The van der Waals surface area contributed by atoms with Crippen LogP contribution in [0.25, 0.3) is 6.08 Å². The second-order valence-corrected chi connectivity index (χ2v) is 5.87. The fourth-order valence-corrected chi connectivity index (χ4v) is 2.45. The molecule has 1 amide bonds. The maximum Gasteiger partial charge on any atom is 0.269 e. The molecule has 2 aromatic rings. The van der Waals surface area contributed by atoms with Crippen LogP contribution < -0.4 is 15.2 Å². The molecule has 0 saturated heterocycles. The van der Waals surface area contributed by atoms with Crippen LogP contribution in [-0.4, -0.2) is 40.2 Å². The topological polar surface area (TPSA) is 162 Å². The van der Waals surface area contributed by atoms with Gasteiger partial charge in [-0.3, -0.25) is 14.9 Å². The summed E-state index contributed by atoms with van der Waals surface area (Å²) in [5, 5.41) is 44.1. The molecule has 0 fully saturated rings. The van der Waals surface area contributed by atoms with Gasteiger partial charge in [0.05, 0.1) is 24.0 Å². The van der Waals surface area contributed by atoms with Crippen molar-refractivity contribution < 1.29 is 34.6 Å². The number of aromatic hydroxyl groups is 1. The maximum atomic E-state index is 12.1. The van der Waals surface area contributed by atoms with Crippen molar-refractivity contribution in [3.63, 3.8) is 0 Å². The zero-order chi connectivity index (χ0) is 21.6. The lowest BCUT2D eigenvalue weighted by molar-refractivity contribution is -0.385. The zero-order valence-corrected chi connectivity index (χ0v) is 15.1. The summed E-state index contributed by atoms with van der Waals surface area (Å²) in [6.07, 6.45) is 0.580. The molecule has 152 valence electrons. The Bertz CT molecular complexity index is 957. The third-order valence-corrected chi connectivity index (χ3v) is 3.92. The molecule has 0 aliphatic heterocycles. The maximum absolute atomic E-state index is 12.1. The molecule has 3 N–H and O–H groups in total. The van der Waals surface area contributed by atoms with Gasteiger partial charge in [-0.05, 0) is 29.3 Å². The number of benzene rings is 2. The highest BCUT2D eigenvalue weighted by Crippen LogP contribution is 2.26. The van der Waals surface area contributed by atoms with Crippen molar-refractivity contribution in [2.75, 3.05) is 7.11 Å². The fraction of sp³-hybridized carbons (Fsp3) is 0.158. The number of aliphatic carboxylic acids is 1. The number of non-ortho nitro benzene ring substituents is 1. The van der Waals surface area contributed by atoms with E-state index in [0.29, 0.717) is 5.56 Å². The Balaban J connectivity index is 2.15. The Hall–Kier alpha value is -3.92. The quantitative estimate of drug-likeness (QED) is 0.323. The highest BCUT2D eigenvalue weighted by atomic mass is 16.6. The Labute approximate surface area is 164 Å². The molecule has 0 saturated carbocycles. The molecule has 2 rings (SSSR count). The number of phenolic OH excluding ortho intramolecular Hbond substituents is 1. The summed E-state index contributed by atoms with van der Waals surface area (Å²) in [5.41, 5.74) is 0.0751. The number of ether oxygens (including phenoxy) is 1. The van der Waals surface area contributed by atoms with Gasteiger partial charge in [-0.1, -0.05) is 18.2 Å². The highest BCUT2D eigenvalue weighted by molar-refractivity contribution is 5.94. The normalized spacial score (nSPS) is 12.9. The van der Waals surface area contributed by atoms with Crippen LogP contribution in [0, 0.1) is 10.1 Å². The molecule has 0 unspecified atom stereocenters. The molecule has 0 spiro atoms. The van der Waals surface area contributed by atoms with E-state index in [1.165, 1.54) is 49.6 Å². The van der Waals surface area contributed by atoms with Crippen LogP contribution in [0.1, 0.15) is 17.2 Å². The predicted molar refractivity (Wildman–Crippen MR) is 98.7 cm³/mol. The van der Waals surface area contributed by atoms with E-state index in [9.17, 15) is 35.0 Å². The van der Waals surface area contributed by atoms with Gasteiger partial charge in [0.15, 0.2) is 11.5 Å². The lowest BCUT2D eigenvalue weighted by Crippen LogP contribution is -2.50. The van der Waals surface area contributed by atoms with Gasteiger partial charge in [0, 0.05) is 18.2 Å². The predicted octanol–water partition coefficient (Wildman–Crippen LogP) is 0.291. The first-order valence-corrected chi connectivity index (χ1v) is 8.21. The first kappa shape index (κ1) is 21.4. The van der Waals surface area contributed by atoms with E-state index in [-0.39, 0.29) is 22.7 Å². The number of nitro groups is 1. The number of hydrogen-bond donors (Lipinski definition) is 3. The van der Waals surface area contributed by atoms with E-state index in [1.807, 2.05) is 0 Å². The summed E-state index contributed by atoms with van der Waals surface area (Å²) in [5.74, 6) is -2.53. The zero-order valence-electron chi connectivity index (χ0n) is 15.1. The van der Waals surface area contributed by atoms with Crippen molar-refractivity contribution in [2.45, 2.75) is 12.1 Å². The average Bonchev–Trinajstić information content (AvgIpc) is 2.70. The molecule has 10 nitrogen and oxygen atoms in total. The largest absolute Gasteiger partial charge is 0.548 e. The Kier molecular flexibility index (Phi) is 6.88. The molecule has 0 heterocycles. The number of nitrogens with zero attached hydrogens (tertiary/aromatic N) is 1. The number of rotatable bonds is 8. The summed E-state index contributed by atoms with van der Waals surface area (Å²) >= 11 is 0. The molecule has 0 aliphatic carbocycles. The van der Waals surface area contributed by atoms with Crippen molar-refractivity contribution in [1.82, 2.24) is 5.32 Å². The number of carbonyl (C=O) groups excluding carboxylic acids is 2. The summed E-state index contributed by atoms with van der Waals surface area (Å²) in [6, 6.07) is 7.21. The number of carboxylic acid groups (broad SMARTS) is 1. The second-order valence-electron chi connectivity index (χ2n) is 5.87. The molecular weight excluding hydrogens is 384 g/mol. The first-order chi connectivity index (χ1) is 13.7. The molecule has 0 aromatic heterocycles. The number of methoxy groups -OCH3 is 1. The molecule has 2 atom stereocenters. The number of nitro benzene ring substituents is 1. The number of aliphatic hydroxyl groups excluding tert-OH is 1. The van der Waals surface area contributed by atoms with E-state index < -0.39 is 28.9 Å². The average molecular weight is 401 g/mol. The van der Waals surface area contributed by atoms with Gasteiger partial charge >= 0.3 is 0 Å². The minimum Gasteiger partial charge on any atom is -0.548 e. The van der Waals surface area contributed by atoms with E-state index in [0.717, 1.165) is 12.1 Å². The summed E-state index contributed by atoms with van der Waals surface area (Å²) in [6.45, 7) is 0. The molecule has 10 heteroatoms. The number of nitrogens with one attached hydrogen (secondary N) is 1. The van der Waals surface area contributed by atoms with Crippen LogP contribution in [-0.2, 0) is 9.59 Å². The van der Waals surface area contributed by atoms with Crippen molar-refractivity contribution in [2.24, 2.45) is 0 Å². The standard InChI is InChI=1S/C19H18N2O8/c1-29-15-9-11(5-7-14(15)22)6-8-16(23)20-17(19(25)26)18(24)12-3-2-4-13(10-12)21(27)28/h2-10,17-18,22,24H,1H3,(H,20,23)(H,25,26)/p-1/b8-6+/t17-,18+/m0/s1. The van der Waals surface area contributed by atoms with E-state index in [4.69, 9.17) is 4.74 Å². The molecular formula is C19H17N2O8-. The van der Waals surface area contributed by atoms with Gasteiger partial charge in [0.25, 0.3) is 5.69 Å². The second kappa shape index (κ2) is 9.33. The van der Waals surface area contributed by atoms with Gasteiger partial charge < -0.3 is 30.2 Å². The monoisotopic (exact) mass is 401 g/mol. The molecule has 29 heavy (non-hydrogen) atoms. The number of phenols is 1. The van der Waals surface area contributed by atoms with Crippen molar-refractivity contribution in [1.29, 1.82) is 0 Å².